The maximum absolute atomic E-state index is 10.6. The van der Waals surface area contributed by atoms with E-state index in [0.717, 1.165) is 5.56 Å². The first-order chi connectivity index (χ1) is 10.2. The van der Waals surface area contributed by atoms with E-state index in [1.165, 1.54) is 30.5 Å². The average Bonchev–Trinajstić information content (AvgIpc) is 2.97. The lowest BCUT2D eigenvalue weighted by Crippen LogP contribution is -1.87. The molecular formula is C15H10N2O4. The highest BCUT2D eigenvalue weighted by Crippen LogP contribution is 2.27. The first-order valence-corrected chi connectivity index (χ1v) is 6.16. The normalized spacial score (nSPS) is 10.3. The molecule has 6 nitrogen and oxygen atoms in total. The van der Waals surface area contributed by atoms with Gasteiger partial charge in [0.25, 0.3) is 5.69 Å². The third-order valence-electron chi connectivity index (χ3n) is 2.77. The first kappa shape index (κ1) is 12.9. The third kappa shape index (κ3) is 2.89. The Hall–Kier alpha value is -3.15. The Bertz CT molecular complexity index is 751. The summed E-state index contributed by atoms with van der Waals surface area (Å²) < 4.78 is 10.9. The van der Waals surface area contributed by atoms with Crippen LogP contribution in [0.2, 0.25) is 0 Å². The van der Waals surface area contributed by atoms with Gasteiger partial charge < -0.3 is 9.15 Å². The number of nitrogens with zero attached hydrogens (tertiary/aromatic N) is 2. The van der Waals surface area contributed by atoms with Crippen LogP contribution in [-0.2, 0) is 0 Å². The Kier molecular flexibility index (Phi) is 3.34. The molecule has 0 radical (unpaired) electrons. The second-order valence-corrected chi connectivity index (χ2v) is 4.20. The van der Waals surface area contributed by atoms with Crippen LogP contribution in [0.25, 0.3) is 11.5 Å². The van der Waals surface area contributed by atoms with E-state index in [4.69, 9.17) is 9.15 Å². The summed E-state index contributed by atoms with van der Waals surface area (Å²) in [6, 6.07) is 15.2. The van der Waals surface area contributed by atoms with E-state index in [9.17, 15) is 10.1 Å². The zero-order valence-electron chi connectivity index (χ0n) is 10.8. The van der Waals surface area contributed by atoms with Gasteiger partial charge in [-0.25, -0.2) is 4.98 Å². The Labute approximate surface area is 119 Å². The standard InChI is InChI=1S/C15H10N2O4/c18-17(19)12-6-8-13(9-7-12)20-14-10-16-15(21-14)11-4-2-1-3-5-11/h1-10H. The van der Waals surface area contributed by atoms with Gasteiger partial charge >= 0.3 is 5.95 Å². The van der Waals surface area contributed by atoms with Crippen molar-refractivity contribution in [2.24, 2.45) is 0 Å². The summed E-state index contributed by atoms with van der Waals surface area (Å²) in [5.41, 5.74) is 0.848. The van der Waals surface area contributed by atoms with Crippen LogP contribution in [0.3, 0.4) is 0 Å². The molecule has 6 heteroatoms. The molecule has 0 bridgehead atoms. The fourth-order valence-corrected chi connectivity index (χ4v) is 1.77. The number of hydrogen-bond donors (Lipinski definition) is 0. The second-order valence-electron chi connectivity index (χ2n) is 4.20. The Morgan fingerprint density at radius 1 is 1.05 bits per heavy atom. The average molecular weight is 282 g/mol. The van der Waals surface area contributed by atoms with Crippen molar-refractivity contribution in [2.75, 3.05) is 0 Å². The fraction of sp³-hybridized carbons (Fsp3) is 0. The lowest BCUT2D eigenvalue weighted by atomic mass is 10.2. The lowest BCUT2D eigenvalue weighted by Gasteiger charge is -2.00. The maximum Gasteiger partial charge on any atom is 0.311 e. The first-order valence-electron chi connectivity index (χ1n) is 6.16. The number of rotatable bonds is 4. The highest BCUT2D eigenvalue weighted by molar-refractivity contribution is 5.52. The topological polar surface area (TPSA) is 78.4 Å². The summed E-state index contributed by atoms with van der Waals surface area (Å²) in [4.78, 5) is 14.2. The van der Waals surface area contributed by atoms with Crippen molar-refractivity contribution in [3.8, 4) is 23.1 Å². The van der Waals surface area contributed by atoms with Crippen LogP contribution in [0.1, 0.15) is 0 Å². The van der Waals surface area contributed by atoms with E-state index in [-0.39, 0.29) is 11.6 Å². The Morgan fingerprint density at radius 2 is 1.76 bits per heavy atom. The smallest absolute Gasteiger partial charge is 0.311 e. The number of hydrogen-bond acceptors (Lipinski definition) is 5. The minimum absolute atomic E-state index is 0.00453. The molecule has 0 aliphatic carbocycles. The minimum Gasteiger partial charge on any atom is -0.425 e. The summed E-state index contributed by atoms with van der Waals surface area (Å²) in [5.74, 6) is 1.12. The SMILES string of the molecule is O=[N+]([O-])c1ccc(Oc2cnc(-c3ccccc3)o2)cc1. The monoisotopic (exact) mass is 282 g/mol. The Balaban J connectivity index is 1.77. The quantitative estimate of drug-likeness (QED) is 0.533. The van der Waals surface area contributed by atoms with Gasteiger partial charge in [-0.2, -0.15) is 0 Å². The number of nitro benzene ring substituents is 1. The lowest BCUT2D eigenvalue weighted by molar-refractivity contribution is -0.384. The van der Waals surface area contributed by atoms with Crippen LogP contribution in [0.15, 0.2) is 65.2 Å². The van der Waals surface area contributed by atoms with Crippen molar-refractivity contribution in [2.45, 2.75) is 0 Å². The van der Waals surface area contributed by atoms with Gasteiger partial charge in [0.15, 0.2) is 0 Å². The van der Waals surface area contributed by atoms with Gasteiger partial charge in [0, 0.05) is 17.7 Å². The van der Waals surface area contributed by atoms with Gasteiger partial charge in [0.05, 0.1) is 4.92 Å². The zero-order valence-corrected chi connectivity index (χ0v) is 10.8. The summed E-state index contributed by atoms with van der Waals surface area (Å²) in [5, 5.41) is 10.6. The van der Waals surface area contributed by atoms with Crippen molar-refractivity contribution in [1.82, 2.24) is 4.98 Å². The van der Waals surface area contributed by atoms with Gasteiger partial charge in [0.2, 0.25) is 5.89 Å². The molecule has 0 N–H and O–H groups in total. The van der Waals surface area contributed by atoms with Gasteiger partial charge in [-0.05, 0) is 24.3 Å². The van der Waals surface area contributed by atoms with Gasteiger partial charge in [0.1, 0.15) is 11.9 Å². The summed E-state index contributed by atoms with van der Waals surface area (Å²) in [6.45, 7) is 0. The van der Waals surface area contributed by atoms with Crippen LogP contribution in [0.4, 0.5) is 5.69 Å². The number of benzene rings is 2. The summed E-state index contributed by atoms with van der Waals surface area (Å²) in [6.07, 6.45) is 1.46. The molecule has 104 valence electrons. The third-order valence-corrected chi connectivity index (χ3v) is 2.77. The van der Waals surface area contributed by atoms with E-state index in [2.05, 4.69) is 4.98 Å². The largest absolute Gasteiger partial charge is 0.425 e. The van der Waals surface area contributed by atoms with E-state index < -0.39 is 4.92 Å². The molecule has 3 rings (SSSR count). The molecule has 21 heavy (non-hydrogen) atoms. The number of oxazole rings is 1. The molecule has 0 aliphatic rings. The van der Waals surface area contributed by atoms with E-state index in [1.54, 1.807) is 0 Å². The van der Waals surface area contributed by atoms with E-state index in [1.807, 2.05) is 30.3 Å². The molecule has 0 saturated heterocycles. The van der Waals surface area contributed by atoms with Crippen molar-refractivity contribution in [3.05, 3.63) is 70.9 Å². The molecule has 1 heterocycles. The van der Waals surface area contributed by atoms with Crippen molar-refractivity contribution in [1.29, 1.82) is 0 Å². The molecule has 2 aromatic carbocycles. The summed E-state index contributed by atoms with van der Waals surface area (Å²) >= 11 is 0. The van der Waals surface area contributed by atoms with Crippen molar-refractivity contribution >= 4 is 5.69 Å². The van der Waals surface area contributed by atoms with Gasteiger partial charge in [-0.1, -0.05) is 18.2 Å². The molecular weight excluding hydrogens is 272 g/mol. The molecule has 0 spiro atoms. The minimum atomic E-state index is -0.467. The predicted octanol–water partition coefficient (Wildman–Crippen LogP) is 4.04. The summed E-state index contributed by atoms with van der Waals surface area (Å²) in [7, 11) is 0. The van der Waals surface area contributed by atoms with Gasteiger partial charge in [-0.3, -0.25) is 10.1 Å². The Morgan fingerprint density at radius 3 is 2.43 bits per heavy atom. The van der Waals surface area contributed by atoms with Crippen LogP contribution >= 0.6 is 0 Å². The predicted molar refractivity (Wildman–Crippen MR) is 75.1 cm³/mol. The molecule has 0 amide bonds. The number of non-ortho nitro benzene ring substituents is 1. The molecule has 0 atom stereocenters. The van der Waals surface area contributed by atoms with Crippen LogP contribution in [-0.4, -0.2) is 9.91 Å². The zero-order chi connectivity index (χ0) is 14.7. The molecule has 0 saturated carbocycles. The van der Waals surface area contributed by atoms with Crippen molar-refractivity contribution < 1.29 is 14.1 Å². The molecule has 1 aromatic heterocycles. The number of aromatic nitrogens is 1. The molecule has 3 aromatic rings. The second kappa shape index (κ2) is 5.46. The highest BCUT2D eigenvalue weighted by atomic mass is 16.6. The van der Waals surface area contributed by atoms with Gasteiger partial charge in [-0.15, -0.1) is 0 Å². The number of ether oxygens (including phenoxy) is 1. The van der Waals surface area contributed by atoms with Crippen molar-refractivity contribution in [3.63, 3.8) is 0 Å². The molecule has 0 unspecified atom stereocenters. The maximum atomic E-state index is 10.6. The molecule has 0 aliphatic heterocycles. The van der Waals surface area contributed by atoms with E-state index in [0.29, 0.717) is 11.6 Å². The molecule has 0 fully saturated rings. The van der Waals surface area contributed by atoms with Crippen LogP contribution in [0, 0.1) is 10.1 Å². The van der Waals surface area contributed by atoms with Crippen LogP contribution < -0.4 is 4.74 Å². The highest BCUT2D eigenvalue weighted by Gasteiger charge is 2.09. The van der Waals surface area contributed by atoms with Crippen LogP contribution in [0.5, 0.6) is 11.7 Å². The number of nitro groups is 1. The van der Waals surface area contributed by atoms with E-state index >= 15 is 0 Å². The fourth-order valence-electron chi connectivity index (χ4n) is 1.77.